The summed E-state index contributed by atoms with van der Waals surface area (Å²) < 4.78 is 2.83. The van der Waals surface area contributed by atoms with Gasteiger partial charge in [-0.1, -0.05) is 25.1 Å². The van der Waals surface area contributed by atoms with E-state index in [1.54, 1.807) is 23.1 Å². The monoisotopic (exact) mass is 330 g/mol. The average Bonchev–Trinajstić information content (AvgIpc) is 3.08. The smallest absolute Gasteiger partial charge is 0.334 e. The lowest BCUT2D eigenvalue weighted by Crippen LogP contribution is -2.20. The van der Waals surface area contributed by atoms with E-state index < -0.39 is 0 Å². The highest BCUT2D eigenvalue weighted by atomic mass is 32.1. The maximum atomic E-state index is 11.5. The number of benzene rings is 1. The zero-order valence-corrected chi connectivity index (χ0v) is 14.1. The van der Waals surface area contributed by atoms with E-state index in [4.69, 9.17) is 0 Å². The molecule has 3 rings (SSSR count). The zero-order valence-electron chi connectivity index (χ0n) is 13.3. The van der Waals surface area contributed by atoms with Gasteiger partial charge in [-0.05, 0) is 28.8 Å². The largest absolute Gasteiger partial charge is 0.350 e. The highest BCUT2D eigenvalue weighted by Gasteiger charge is 2.28. The van der Waals surface area contributed by atoms with Gasteiger partial charge in [0.2, 0.25) is 5.82 Å². The third-order valence-corrected chi connectivity index (χ3v) is 4.92. The van der Waals surface area contributed by atoms with Crippen molar-refractivity contribution in [3.8, 4) is 0 Å². The summed E-state index contributed by atoms with van der Waals surface area (Å²) in [5, 5.41) is 19.1. The minimum atomic E-state index is -0.330. The van der Waals surface area contributed by atoms with Crippen molar-refractivity contribution in [3.05, 3.63) is 51.0 Å². The normalized spacial score (nSPS) is 11.1. The fourth-order valence-electron chi connectivity index (χ4n) is 2.90. The summed E-state index contributed by atoms with van der Waals surface area (Å²) in [6.45, 7) is 2.49. The van der Waals surface area contributed by atoms with Gasteiger partial charge < -0.3 is 4.90 Å². The molecule has 3 aromatic rings. The van der Waals surface area contributed by atoms with E-state index in [1.165, 1.54) is 15.6 Å². The first kappa shape index (κ1) is 15.5. The summed E-state index contributed by atoms with van der Waals surface area (Å²) >= 11 is 1.69. The minimum absolute atomic E-state index is 0.108. The lowest BCUT2D eigenvalue weighted by atomic mass is 10.1. The minimum Gasteiger partial charge on any atom is -0.350 e. The molecule has 0 unspecified atom stereocenters. The molecule has 6 nitrogen and oxygen atoms in total. The van der Waals surface area contributed by atoms with E-state index in [0.29, 0.717) is 24.5 Å². The fraction of sp³-hybridized carbons (Fsp3) is 0.312. The first-order valence-electron chi connectivity index (χ1n) is 7.39. The molecule has 0 amide bonds. The van der Waals surface area contributed by atoms with Crippen molar-refractivity contribution in [1.29, 1.82) is 0 Å². The molecule has 120 valence electrons. The Balaban J connectivity index is 1.99. The van der Waals surface area contributed by atoms with Crippen LogP contribution in [0.4, 0.5) is 11.5 Å². The second kappa shape index (κ2) is 6.00. The van der Waals surface area contributed by atoms with Crippen LogP contribution in [0.15, 0.2) is 29.6 Å². The molecule has 0 atom stereocenters. The van der Waals surface area contributed by atoms with Crippen molar-refractivity contribution in [1.82, 2.24) is 9.78 Å². The van der Waals surface area contributed by atoms with Crippen LogP contribution in [-0.2, 0) is 20.0 Å². The Morgan fingerprint density at radius 3 is 2.83 bits per heavy atom. The number of nitro groups is 1. The number of hydrogen-bond acceptors (Lipinski definition) is 5. The van der Waals surface area contributed by atoms with Gasteiger partial charge in [-0.25, -0.2) is 4.68 Å². The summed E-state index contributed by atoms with van der Waals surface area (Å²) in [6, 6.07) is 8.21. The van der Waals surface area contributed by atoms with Crippen LogP contribution >= 0.6 is 11.3 Å². The molecule has 23 heavy (non-hydrogen) atoms. The van der Waals surface area contributed by atoms with Gasteiger partial charge in [-0.3, -0.25) is 10.1 Å². The SMILES string of the molecule is CCc1nn(C)c(N(C)Cc2csc3ccccc23)c1[N+](=O)[O-]. The number of aryl methyl sites for hydroxylation is 2. The number of anilines is 1. The molecule has 2 aromatic heterocycles. The quantitative estimate of drug-likeness (QED) is 0.528. The van der Waals surface area contributed by atoms with E-state index in [0.717, 1.165) is 0 Å². The first-order chi connectivity index (χ1) is 11.0. The average molecular weight is 330 g/mol. The van der Waals surface area contributed by atoms with Crippen LogP contribution in [0.5, 0.6) is 0 Å². The summed E-state index contributed by atoms with van der Waals surface area (Å²) in [7, 11) is 3.62. The van der Waals surface area contributed by atoms with Crippen molar-refractivity contribution in [2.45, 2.75) is 19.9 Å². The molecule has 0 saturated carbocycles. The van der Waals surface area contributed by atoms with Gasteiger partial charge in [0, 0.05) is 25.3 Å². The lowest BCUT2D eigenvalue weighted by Gasteiger charge is -2.18. The molecule has 0 radical (unpaired) electrons. The standard InChI is InChI=1S/C16H18N4O2S/c1-4-13-15(20(21)22)16(19(3)17-13)18(2)9-11-10-23-14-8-6-5-7-12(11)14/h5-8,10H,4,9H2,1-3H3. The number of hydrogen-bond donors (Lipinski definition) is 0. The van der Waals surface area contributed by atoms with Crippen LogP contribution in [0.25, 0.3) is 10.1 Å². The Kier molecular flexibility index (Phi) is 4.04. The van der Waals surface area contributed by atoms with Gasteiger partial charge in [0.25, 0.3) is 0 Å². The molecule has 0 aliphatic rings. The van der Waals surface area contributed by atoms with Crippen LogP contribution in [-0.4, -0.2) is 21.8 Å². The van der Waals surface area contributed by atoms with Crippen LogP contribution in [0.3, 0.4) is 0 Å². The highest BCUT2D eigenvalue weighted by Crippen LogP contribution is 2.33. The maximum absolute atomic E-state index is 11.5. The number of nitrogens with zero attached hydrogens (tertiary/aromatic N) is 4. The van der Waals surface area contributed by atoms with Crippen LogP contribution in [0.1, 0.15) is 18.2 Å². The molecule has 1 aromatic carbocycles. The fourth-order valence-corrected chi connectivity index (χ4v) is 3.85. The topological polar surface area (TPSA) is 64.2 Å². The number of rotatable bonds is 5. The van der Waals surface area contributed by atoms with Gasteiger partial charge in [0.1, 0.15) is 5.69 Å². The molecule has 0 bridgehead atoms. The molecular formula is C16H18N4O2S. The first-order valence-corrected chi connectivity index (χ1v) is 8.27. The number of thiophene rings is 1. The highest BCUT2D eigenvalue weighted by molar-refractivity contribution is 7.17. The van der Waals surface area contributed by atoms with E-state index >= 15 is 0 Å². The van der Waals surface area contributed by atoms with E-state index in [1.807, 2.05) is 31.0 Å². The van der Waals surface area contributed by atoms with E-state index in [-0.39, 0.29) is 10.6 Å². The second-order valence-corrected chi connectivity index (χ2v) is 6.38. The molecule has 0 N–H and O–H groups in total. The predicted molar refractivity (Wildman–Crippen MR) is 93.2 cm³/mol. The number of fused-ring (bicyclic) bond motifs is 1. The summed E-state index contributed by atoms with van der Waals surface area (Å²) in [6.07, 6.45) is 0.541. The van der Waals surface area contributed by atoms with Crippen LogP contribution < -0.4 is 4.90 Å². The van der Waals surface area contributed by atoms with Crippen molar-refractivity contribution in [2.75, 3.05) is 11.9 Å². The number of aromatic nitrogens is 2. The Bertz CT molecular complexity index is 868. The zero-order chi connectivity index (χ0) is 16.6. The van der Waals surface area contributed by atoms with Crippen LogP contribution in [0, 0.1) is 10.1 Å². The second-order valence-electron chi connectivity index (χ2n) is 5.47. The van der Waals surface area contributed by atoms with E-state index in [2.05, 4.69) is 22.6 Å². The Morgan fingerprint density at radius 1 is 1.39 bits per heavy atom. The van der Waals surface area contributed by atoms with Gasteiger partial charge >= 0.3 is 5.69 Å². The molecule has 0 saturated heterocycles. The summed E-state index contributed by atoms with van der Waals surface area (Å²) in [5.74, 6) is 0.544. The molecule has 0 aliphatic heterocycles. The Morgan fingerprint density at radius 2 is 2.13 bits per heavy atom. The molecular weight excluding hydrogens is 312 g/mol. The summed E-state index contributed by atoms with van der Waals surface area (Å²) in [4.78, 5) is 13.0. The van der Waals surface area contributed by atoms with Crippen molar-refractivity contribution in [2.24, 2.45) is 7.05 Å². The Labute approximate surface area is 138 Å². The molecule has 0 aliphatic carbocycles. The third-order valence-electron chi connectivity index (χ3n) is 3.91. The maximum Gasteiger partial charge on any atom is 0.334 e. The van der Waals surface area contributed by atoms with Gasteiger partial charge in [0.05, 0.1) is 4.92 Å². The molecule has 0 fully saturated rings. The lowest BCUT2D eigenvalue weighted by molar-refractivity contribution is -0.384. The van der Waals surface area contributed by atoms with Crippen molar-refractivity contribution < 1.29 is 4.92 Å². The van der Waals surface area contributed by atoms with Crippen LogP contribution in [0.2, 0.25) is 0 Å². The van der Waals surface area contributed by atoms with Gasteiger partial charge in [0.15, 0.2) is 0 Å². The third kappa shape index (κ3) is 2.68. The molecule has 2 heterocycles. The van der Waals surface area contributed by atoms with Crippen molar-refractivity contribution >= 4 is 32.9 Å². The van der Waals surface area contributed by atoms with Crippen molar-refractivity contribution in [3.63, 3.8) is 0 Å². The molecule has 7 heteroatoms. The predicted octanol–water partition coefficient (Wildman–Crippen LogP) is 3.74. The molecule has 0 spiro atoms. The van der Waals surface area contributed by atoms with Gasteiger partial charge in [-0.15, -0.1) is 11.3 Å². The Hall–Kier alpha value is -2.41. The van der Waals surface area contributed by atoms with E-state index in [9.17, 15) is 10.1 Å². The summed E-state index contributed by atoms with van der Waals surface area (Å²) in [5.41, 5.74) is 1.80. The van der Waals surface area contributed by atoms with Gasteiger partial charge in [-0.2, -0.15) is 5.10 Å².